The van der Waals surface area contributed by atoms with Gasteiger partial charge in [0, 0.05) is 46.6 Å². The first kappa shape index (κ1) is 22.6. The molecule has 1 N–H and O–H groups in total. The van der Waals surface area contributed by atoms with Gasteiger partial charge in [-0.05, 0) is 37.0 Å². The molecule has 0 saturated carbocycles. The second-order valence-corrected chi connectivity index (χ2v) is 7.62. The van der Waals surface area contributed by atoms with Crippen LogP contribution in [0.5, 0.6) is 11.5 Å². The van der Waals surface area contributed by atoms with E-state index in [-0.39, 0.29) is 24.0 Å². The van der Waals surface area contributed by atoms with E-state index in [4.69, 9.17) is 9.47 Å². The van der Waals surface area contributed by atoms with E-state index in [9.17, 15) is 0 Å². The number of aliphatic imine (C=N–C) groups is 1. The number of fused-ring (bicyclic) bond motifs is 2. The SMILES string of the molecule is CN=C(NCCCc1nnc2n1CCCCC2)N(C)Cc1ccc2c(c1)OCO2.I. The van der Waals surface area contributed by atoms with Crippen LogP contribution in [0.4, 0.5) is 0 Å². The van der Waals surface area contributed by atoms with Crippen LogP contribution < -0.4 is 14.8 Å². The number of hydrogen-bond acceptors (Lipinski definition) is 5. The number of hydrogen-bond donors (Lipinski definition) is 1. The maximum atomic E-state index is 5.47. The Morgan fingerprint density at radius 3 is 2.93 bits per heavy atom. The molecule has 0 bridgehead atoms. The number of nitrogens with one attached hydrogen (secondary N) is 1. The summed E-state index contributed by atoms with van der Waals surface area (Å²) in [4.78, 5) is 6.53. The number of aromatic nitrogens is 3. The second kappa shape index (κ2) is 10.8. The van der Waals surface area contributed by atoms with Crippen molar-refractivity contribution in [2.24, 2.45) is 4.99 Å². The molecule has 0 aliphatic carbocycles. The normalized spacial score (nSPS) is 15.2. The lowest BCUT2D eigenvalue weighted by molar-refractivity contribution is 0.174. The van der Waals surface area contributed by atoms with E-state index in [1.165, 1.54) is 19.3 Å². The molecule has 2 aliphatic rings. The summed E-state index contributed by atoms with van der Waals surface area (Å²) in [6.45, 7) is 2.95. The highest BCUT2D eigenvalue weighted by Gasteiger charge is 2.16. The molecule has 0 amide bonds. The zero-order valence-electron chi connectivity index (χ0n) is 17.8. The molecule has 0 atom stereocenters. The fourth-order valence-corrected chi connectivity index (χ4v) is 3.95. The summed E-state index contributed by atoms with van der Waals surface area (Å²) in [6, 6.07) is 6.06. The molecule has 0 fully saturated rings. The first-order valence-electron chi connectivity index (χ1n) is 10.5. The molecule has 30 heavy (non-hydrogen) atoms. The fraction of sp³-hybridized carbons (Fsp3) is 0.571. The number of rotatable bonds is 6. The van der Waals surface area contributed by atoms with Crippen LogP contribution in [0.15, 0.2) is 23.2 Å². The van der Waals surface area contributed by atoms with Crippen molar-refractivity contribution in [3.63, 3.8) is 0 Å². The van der Waals surface area contributed by atoms with Gasteiger partial charge in [0.15, 0.2) is 17.5 Å². The third-order valence-electron chi connectivity index (χ3n) is 5.48. The first-order chi connectivity index (χ1) is 14.2. The molecule has 2 aromatic rings. The summed E-state index contributed by atoms with van der Waals surface area (Å²) in [7, 11) is 3.86. The summed E-state index contributed by atoms with van der Waals surface area (Å²) in [5, 5.41) is 12.3. The van der Waals surface area contributed by atoms with Gasteiger partial charge >= 0.3 is 0 Å². The number of guanidine groups is 1. The monoisotopic (exact) mass is 526 g/mol. The number of benzene rings is 1. The average Bonchev–Trinajstić information content (AvgIpc) is 3.27. The topological polar surface area (TPSA) is 76.8 Å². The molecule has 1 aromatic heterocycles. The van der Waals surface area contributed by atoms with E-state index < -0.39 is 0 Å². The Kier molecular flexibility index (Phi) is 8.17. The van der Waals surface area contributed by atoms with E-state index in [1.54, 1.807) is 0 Å². The molecular weight excluding hydrogens is 495 g/mol. The fourth-order valence-electron chi connectivity index (χ4n) is 3.95. The quantitative estimate of drug-likeness (QED) is 0.270. The lowest BCUT2D eigenvalue weighted by Gasteiger charge is -2.22. The molecule has 0 saturated heterocycles. The van der Waals surface area contributed by atoms with Crippen molar-refractivity contribution in [2.75, 3.05) is 27.4 Å². The van der Waals surface area contributed by atoms with Crippen LogP contribution in [-0.2, 0) is 25.9 Å². The van der Waals surface area contributed by atoms with Crippen LogP contribution in [0.25, 0.3) is 0 Å². The average molecular weight is 526 g/mol. The van der Waals surface area contributed by atoms with Gasteiger partial charge in [-0.1, -0.05) is 12.5 Å². The third kappa shape index (κ3) is 5.35. The van der Waals surface area contributed by atoms with E-state index in [0.29, 0.717) is 6.79 Å². The number of ether oxygens (including phenoxy) is 2. The molecule has 164 valence electrons. The Bertz CT molecular complexity index is 869. The van der Waals surface area contributed by atoms with Gasteiger partial charge in [0.25, 0.3) is 0 Å². The zero-order chi connectivity index (χ0) is 20.1. The van der Waals surface area contributed by atoms with E-state index in [1.807, 2.05) is 26.2 Å². The van der Waals surface area contributed by atoms with Gasteiger partial charge in [0.05, 0.1) is 0 Å². The van der Waals surface area contributed by atoms with Crippen LogP contribution in [0, 0.1) is 0 Å². The molecule has 4 rings (SSSR count). The highest BCUT2D eigenvalue weighted by Crippen LogP contribution is 2.32. The molecular formula is C21H31IN6O2. The number of halogens is 1. The highest BCUT2D eigenvalue weighted by atomic mass is 127. The zero-order valence-corrected chi connectivity index (χ0v) is 20.1. The van der Waals surface area contributed by atoms with Gasteiger partial charge in [-0.15, -0.1) is 34.2 Å². The van der Waals surface area contributed by atoms with Gasteiger partial charge in [-0.3, -0.25) is 4.99 Å². The summed E-state index contributed by atoms with van der Waals surface area (Å²) >= 11 is 0. The molecule has 0 spiro atoms. The molecule has 9 heteroatoms. The lowest BCUT2D eigenvalue weighted by atomic mass is 10.2. The predicted molar refractivity (Wildman–Crippen MR) is 127 cm³/mol. The summed E-state index contributed by atoms with van der Waals surface area (Å²) in [6.07, 6.45) is 6.73. The minimum atomic E-state index is 0. The lowest BCUT2D eigenvalue weighted by Crippen LogP contribution is -2.39. The van der Waals surface area contributed by atoms with Crippen molar-refractivity contribution in [1.29, 1.82) is 0 Å². The minimum Gasteiger partial charge on any atom is -0.454 e. The Hall–Kier alpha value is -2.04. The van der Waals surface area contributed by atoms with E-state index >= 15 is 0 Å². The molecule has 1 aromatic carbocycles. The molecule has 8 nitrogen and oxygen atoms in total. The van der Waals surface area contributed by atoms with Crippen molar-refractivity contribution in [2.45, 2.75) is 51.6 Å². The van der Waals surface area contributed by atoms with E-state index in [2.05, 4.69) is 36.0 Å². The van der Waals surface area contributed by atoms with Crippen molar-refractivity contribution < 1.29 is 9.47 Å². The Morgan fingerprint density at radius 1 is 1.20 bits per heavy atom. The highest BCUT2D eigenvalue weighted by molar-refractivity contribution is 14.0. The molecule has 2 aliphatic heterocycles. The molecule has 0 radical (unpaired) electrons. The summed E-state index contributed by atoms with van der Waals surface area (Å²) in [5.41, 5.74) is 1.16. The van der Waals surface area contributed by atoms with Gasteiger partial charge in [-0.25, -0.2) is 0 Å². The minimum absolute atomic E-state index is 0. The van der Waals surface area contributed by atoms with Gasteiger partial charge in [-0.2, -0.15) is 0 Å². The van der Waals surface area contributed by atoms with Crippen LogP contribution in [-0.4, -0.2) is 53.1 Å². The second-order valence-electron chi connectivity index (χ2n) is 7.62. The van der Waals surface area contributed by atoms with Crippen LogP contribution >= 0.6 is 24.0 Å². The molecule has 3 heterocycles. The summed E-state index contributed by atoms with van der Waals surface area (Å²) < 4.78 is 13.2. The summed E-state index contributed by atoms with van der Waals surface area (Å²) in [5.74, 6) is 4.77. The largest absolute Gasteiger partial charge is 0.454 e. The first-order valence-corrected chi connectivity index (χ1v) is 10.5. The third-order valence-corrected chi connectivity index (χ3v) is 5.48. The predicted octanol–water partition coefficient (Wildman–Crippen LogP) is 2.99. The standard InChI is InChI=1S/C21H30N6O2.HI/c1-22-21(26(2)14-16-9-10-17-18(13-16)29-15-28-17)23-11-6-8-20-25-24-19-7-4-3-5-12-27(19)20;/h9-10,13H,3-8,11-12,14-15H2,1-2H3,(H,22,23);1H. The number of nitrogens with zero attached hydrogens (tertiary/aromatic N) is 5. The van der Waals surface area contributed by atoms with Gasteiger partial charge in [0.2, 0.25) is 6.79 Å². The van der Waals surface area contributed by atoms with Crippen molar-refractivity contribution >= 4 is 29.9 Å². The number of aryl methyl sites for hydroxylation is 2. The van der Waals surface area contributed by atoms with Crippen LogP contribution in [0.2, 0.25) is 0 Å². The Morgan fingerprint density at radius 2 is 2.07 bits per heavy atom. The van der Waals surface area contributed by atoms with E-state index in [0.717, 1.165) is 73.6 Å². The maximum absolute atomic E-state index is 5.47. The van der Waals surface area contributed by atoms with Crippen molar-refractivity contribution in [3.05, 3.63) is 35.4 Å². The maximum Gasteiger partial charge on any atom is 0.231 e. The Balaban J connectivity index is 0.00000256. The van der Waals surface area contributed by atoms with Gasteiger partial charge < -0.3 is 24.3 Å². The van der Waals surface area contributed by atoms with Crippen LogP contribution in [0.3, 0.4) is 0 Å². The smallest absolute Gasteiger partial charge is 0.231 e. The van der Waals surface area contributed by atoms with Crippen molar-refractivity contribution in [1.82, 2.24) is 25.0 Å². The van der Waals surface area contributed by atoms with Gasteiger partial charge in [0.1, 0.15) is 11.6 Å². The van der Waals surface area contributed by atoms with Crippen molar-refractivity contribution in [3.8, 4) is 11.5 Å². The Labute approximate surface area is 195 Å². The van der Waals surface area contributed by atoms with Crippen LogP contribution in [0.1, 0.15) is 42.9 Å². The molecule has 0 unspecified atom stereocenters.